The smallest absolute Gasteiger partial charge is 0.246 e. The van der Waals surface area contributed by atoms with Crippen LogP contribution in [0.3, 0.4) is 0 Å². The molecule has 23 heavy (non-hydrogen) atoms. The fourth-order valence-corrected chi connectivity index (χ4v) is 3.74. The zero-order valence-electron chi connectivity index (χ0n) is 12.6. The van der Waals surface area contributed by atoms with Gasteiger partial charge in [-0.15, -0.1) is 11.3 Å². The summed E-state index contributed by atoms with van der Waals surface area (Å²) in [5.41, 5.74) is 0.912. The molecule has 1 aliphatic heterocycles. The molecular formula is C17H16BrNO3S. The normalized spacial score (nSPS) is 13.3. The molecule has 2 heterocycles. The fourth-order valence-electron chi connectivity index (χ4n) is 2.21. The summed E-state index contributed by atoms with van der Waals surface area (Å²) in [7, 11) is 1.80. The molecule has 1 aromatic carbocycles. The van der Waals surface area contributed by atoms with E-state index in [1.807, 2.05) is 30.3 Å². The molecule has 0 radical (unpaired) electrons. The van der Waals surface area contributed by atoms with Crippen LogP contribution in [-0.4, -0.2) is 31.1 Å². The first-order valence-corrected chi connectivity index (χ1v) is 8.80. The maximum atomic E-state index is 12.2. The Kier molecular flexibility index (Phi) is 5.03. The average Bonchev–Trinajstić information content (AvgIpc) is 2.97. The Morgan fingerprint density at radius 1 is 1.26 bits per heavy atom. The van der Waals surface area contributed by atoms with E-state index in [2.05, 4.69) is 15.9 Å². The molecule has 1 aromatic heterocycles. The van der Waals surface area contributed by atoms with Crippen LogP contribution < -0.4 is 9.47 Å². The standard InChI is InChI=1S/C17H16BrNO3S/c1-19(11-13-4-6-16(18)23-13)17(20)7-3-12-2-5-14-15(10-12)22-9-8-21-14/h2-7,10H,8-9,11H2,1H3/b7-3+. The molecule has 2 aromatic rings. The Balaban J connectivity index is 1.63. The van der Waals surface area contributed by atoms with Crippen molar-refractivity contribution >= 4 is 39.2 Å². The third kappa shape index (κ3) is 4.14. The van der Waals surface area contributed by atoms with Crippen molar-refractivity contribution < 1.29 is 14.3 Å². The van der Waals surface area contributed by atoms with Crippen LogP contribution in [0, 0.1) is 0 Å². The van der Waals surface area contributed by atoms with E-state index >= 15 is 0 Å². The van der Waals surface area contributed by atoms with E-state index < -0.39 is 0 Å². The summed E-state index contributed by atoms with van der Waals surface area (Å²) in [5, 5.41) is 0. The highest BCUT2D eigenvalue weighted by Gasteiger charge is 2.11. The molecule has 4 nitrogen and oxygen atoms in total. The summed E-state index contributed by atoms with van der Waals surface area (Å²) < 4.78 is 12.1. The Morgan fingerprint density at radius 2 is 2.04 bits per heavy atom. The third-order valence-electron chi connectivity index (χ3n) is 3.38. The fraction of sp³-hybridized carbons (Fsp3) is 0.235. The number of nitrogens with zero attached hydrogens (tertiary/aromatic N) is 1. The van der Waals surface area contributed by atoms with Gasteiger partial charge in [0, 0.05) is 18.0 Å². The van der Waals surface area contributed by atoms with Gasteiger partial charge in [-0.1, -0.05) is 6.07 Å². The molecule has 6 heteroatoms. The van der Waals surface area contributed by atoms with Gasteiger partial charge in [0.25, 0.3) is 0 Å². The van der Waals surface area contributed by atoms with Crippen LogP contribution in [0.1, 0.15) is 10.4 Å². The van der Waals surface area contributed by atoms with Crippen LogP contribution in [0.4, 0.5) is 0 Å². The molecule has 0 saturated heterocycles. The van der Waals surface area contributed by atoms with E-state index in [4.69, 9.17) is 9.47 Å². The summed E-state index contributed by atoms with van der Waals surface area (Å²) in [4.78, 5) is 15.0. The lowest BCUT2D eigenvalue weighted by molar-refractivity contribution is -0.125. The molecule has 120 valence electrons. The average molecular weight is 394 g/mol. The predicted octanol–water partition coefficient (Wildman–Crippen LogP) is 3.95. The minimum absolute atomic E-state index is 0.0376. The number of amides is 1. The number of halogens is 1. The summed E-state index contributed by atoms with van der Waals surface area (Å²) >= 11 is 5.06. The second kappa shape index (κ2) is 7.19. The van der Waals surface area contributed by atoms with Crippen molar-refractivity contribution in [2.24, 2.45) is 0 Å². The quantitative estimate of drug-likeness (QED) is 0.738. The number of fused-ring (bicyclic) bond motifs is 1. The zero-order chi connectivity index (χ0) is 16.2. The van der Waals surface area contributed by atoms with Crippen molar-refractivity contribution in [3.8, 4) is 11.5 Å². The second-order valence-electron chi connectivity index (χ2n) is 5.14. The number of benzene rings is 1. The first-order chi connectivity index (χ1) is 11.1. The Labute approximate surface area is 147 Å². The Bertz CT molecular complexity index is 741. The first-order valence-electron chi connectivity index (χ1n) is 7.19. The summed E-state index contributed by atoms with van der Waals surface area (Å²) in [6, 6.07) is 9.67. The van der Waals surface area contributed by atoms with Crippen LogP contribution in [-0.2, 0) is 11.3 Å². The van der Waals surface area contributed by atoms with Crippen LogP contribution in [0.2, 0.25) is 0 Å². The molecule has 0 unspecified atom stereocenters. The lowest BCUT2D eigenvalue weighted by Gasteiger charge is -2.18. The first kappa shape index (κ1) is 16.1. The maximum absolute atomic E-state index is 12.2. The maximum Gasteiger partial charge on any atom is 0.246 e. The molecule has 0 spiro atoms. The lowest BCUT2D eigenvalue weighted by Crippen LogP contribution is -2.23. The van der Waals surface area contributed by atoms with Crippen molar-refractivity contribution in [3.05, 3.63) is 50.6 Å². The topological polar surface area (TPSA) is 38.8 Å². The van der Waals surface area contributed by atoms with E-state index in [1.54, 1.807) is 35.4 Å². The van der Waals surface area contributed by atoms with Crippen LogP contribution in [0.15, 0.2) is 40.2 Å². The molecule has 0 bridgehead atoms. The van der Waals surface area contributed by atoms with Crippen molar-refractivity contribution in [3.63, 3.8) is 0 Å². The summed E-state index contributed by atoms with van der Waals surface area (Å²) in [5.74, 6) is 1.44. The predicted molar refractivity (Wildman–Crippen MR) is 95.0 cm³/mol. The molecule has 1 amide bonds. The monoisotopic (exact) mass is 393 g/mol. The highest BCUT2D eigenvalue weighted by atomic mass is 79.9. The van der Waals surface area contributed by atoms with Gasteiger partial charge in [0.15, 0.2) is 11.5 Å². The van der Waals surface area contributed by atoms with Crippen molar-refractivity contribution in [2.75, 3.05) is 20.3 Å². The molecule has 0 N–H and O–H groups in total. The molecular weight excluding hydrogens is 378 g/mol. The van der Waals surface area contributed by atoms with Gasteiger partial charge in [-0.3, -0.25) is 4.79 Å². The van der Waals surface area contributed by atoms with Crippen LogP contribution in [0.5, 0.6) is 11.5 Å². The lowest BCUT2D eigenvalue weighted by atomic mass is 10.2. The summed E-state index contributed by atoms with van der Waals surface area (Å²) in [6.45, 7) is 1.73. The minimum atomic E-state index is -0.0376. The number of thiophene rings is 1. The number of ether oxygens (including phenoxy) is 2. The number of hydrogen-bond acceptors (Lipinski definition) is 4. The van der Waals surface area contributed by atoms with Crippen molar-refractivity contribution in [1.29, 1.82) is 0 Å². The van der Waals surface area contributed by atoms with Gasteiger partial charge < -0.3 is 14.4 Å². The number of likely N-dealkylation sites (N-methyl/N-ethyl adjacent to an activating group) is 1. The van der Waals surface area contributed by atoms with Gasteiger partial charge in [-0.25, -0.2) is 0 Å². The van der Waals surface area contributed by atoms with Gasteiger partial charge in [-0.2, -0.15) is 0 Å². The Morgan fingerprint density at radius 3 is 2.78 bits per heavy atom. The second-order valence-corrected chi connectivity index (χ2v) is 7.68. The van der Waals surface area contributed by atoms with E-state index in [1.165, 1.54) is 0 Å². The van der Waals surface area contributed by atoms with E-state index in [9.17, 15) is 4.79 Å². The number of rotatable bonds is 4. The van der Waals surface area contributed by atoms with Gasteiger partial charge >= 0.3 is 0 Å². The van der Waals surface area contributed by atoms with Crippen LogP contribution in [0.25, 0.3) is 6.08 Å². The van der Waals surface area contributed by atoms with Gasteiger partial charge in [-0.05, 0) is 51.8 Å². The molecule has 0 fully saturated rings. The van der Waals surface area contributed by atoms with Crippen molar-refractivity contribution in [2.45, 2.75) is 6.54 Å². The minimum Gasteiger partial charge on any atom is -0.486 e. The largest absolute Gasteiger partial charge is 0.486 e. The Hall–Kier alpha value is -1.79. The SMILES string of the molecule is CN(Cc1ccc(Br)s1)C(=O)/C=C/c1ccc2c(c1)OCCO2. The zero-order valence-corrected chi connectivity index (χ0v) is 15.0. The van der Waals surface area contributed by atoms with E-state index in [-0.39, 0.29) is 5.91 Å². The van der Waals surface area contributed by atoms with E-state index in [0.29, 0.717) is 19.8 Å². The molecule has 1 aliphatic rings. The van der Waals surface area contributed by atoms with Crippen molar-refractivity contribution in [1.82, 2.24) is 4.90 Å². The van der Waals surface area contributed by atoms with Gasteiger partial charge in [0.2, 0.25) is 5.91 Å². The molecule has 0 aliphatic carbocycles. The molecule has 0 atom stereocenters. The van der Waals surface area contributed by atoms with Crippen LogP contribution >= 0.6 is 27.3 Å². The number of hydrogen-bond donors (Lipinski definition) is 0. The number of carbonyl (C=O) groups excluding carboxylic acids is 1. The highest BCUT2D eigenvalue weighted by molar-refractivity contribution is 9.11. The number of carbonyl (C=O) groups is 1. The van der Waals surface area contributed by atoms with E-state index in [0.717, 1.165) is 25.7 Å². The van der Waals surface area contributed by atoms with Gasteiger partial charge in [0.05, 0.1) is 10.3 Å². The summed E-state index contributed by atoms with van der Waals surface area (Å²) in [6.07, 6.45) is 3.37. The third-order valence-corrected chi connectivity index (χ3v) is 4.99. The molecule has 0 saturated carbocycles. The van der Waals surface area contributed by atoms with Gasteiger partial charge in [0.1, 0.15) is 13.2 Å². The molecule has 3 rings (SSSR count). The highest BCUT2D eigenvalue weighted by Crippen LogP contribution is 2.31.